The fraction of sp³-hybridized carbons (Fsp3) is 0.235. The van der Waals surface area contributed by atoms with Gasteiger partial charge in [-0.25, -0.2) is 0 Å². The highest BCUT2D eigenvalue weighted by atomic mass is 35.5. The first-order chi connectivity index (χ1) is 11.1. The van der Waals surface area contributed by atoms with E-state index in [1.807, 2.05) is 36.4 Å². The third-order valence-electron chi connectivity index (χ3n) is 4.14. The molecule has 1 fully saturated rings. The van der Waals surface area contributed by atoms with E-state index in [1.54, 1.807) is 11.0 Å². The predicted molar refractivity (Wildman–Crippen MR) is 87.1 cm³/mol. The Morgan fingerprint density at radius 1 is 1.09 bits per heavy atom. The van der Waals surface area contributed by atoms with Gasteiger partial charge in [0.2, 0.25) is 5.91 Å². The van der Waals surface area contributed by atoms with Crippen molar-refractivity contribution >= 4 is 23.2 Å². The summed E-state index contributed by atoms with van der Waals surface area (Å²) in [4.78, 5) is 14.0. The number of carbonyl (C=O) groups is 1. The summed E-state index contributed by atoms with van der Waals surface area (Å²) < 4.78 is 11.1. The molecule has 0 bridgehead atoms. The van der Waals surface area contributed by atoms with Crippen molar-refractivity contribution in [3.63, 3.8) is 0 Å². The minimum Gasteiger partial charge on any atom is -0.486 e. The fourth-order valence-corrected chi connectivity index (χ4v) is 3.23. The zero-order chi connectivity index (χ0) is 16.0. The second-order valence-corrected chi connectivity index (χ2v) is 6.00. The van der Waals surface area contributed by atoms with Crippen LogP contribution in [0.1, 0.15) is 11.6 Å². The second-order valence-electron chi connectivity index (χ2n) is 5.56. The van der Waals surface area contributed by atoms with Gasteiger partial charge in [-0.1, -0.05) is 23.7 Å². The molecule has 6 heteroatoms. The molecule has 1 saturated heterocycles. The van der Waals surface area contributed by atoms with Crippen LogP contribution in [0.25, 0.3) is 0 Å². The number of benzene rings is 2. The van der Waals surface area contributed by atoms with Gasteiger partial charge >= 0.3 is 0 Å². The van der Waals surface area contributed by atoms with Crippen LogP contribution in [0.2, 0.25) is 5.02 Å². The van der Waals surface area contributed by atoms with E-state index in [1.165, 1.54) is 0 Å². The van der Waals surface area contributed by atoms with Crippen LogP contribution in [-0.2, 0) is 4.79 Å². The van der Waals surface area contributed by atoms with E-state index in [-0.39, 0.29) is 11.9 Å². The summed E-state index contributed by atoms with van der Waals surface area (Å²) in [5, 5.41) is 0.621. The smallest absolute Gasteiger partial charge is 0.247 e. The first-order valence-electron chi connectivity index (χ1n) is 7.39. The van der Waals surface area contributed by atoms with E-state index in [9.17, 15) is 4.79 Å². The molecule has 2 aliphatic heterocycles. The number of fused-ring (bicyclic) bond motifs is 1. The van der Waals surface area contributed by atoms with Gasteiger partial charge in [0.25, 0.3) is 0 Å². The molecule has 5 nitrogen and oxygen atoms in total. The molecule has 2 aromatic rings. The highest BCUT2D eigenvalue weighted by Crippen LogP contribution is 2.42. The number of β-lactam (4-membered cyclic amide) rings is 1. The minimum absolute atomic E-state index is 0.119. The van der Waals surface area contributed by atoms with Crippen LogP contribution in [0.3, 0.4) is 0 Å². The number of nitrogens with zero attached hydrogens (tertiary/aromatic N) is 1. The lowest BCUT2D eigenvalue weighted by Gasteiger charge is -2.45. The number of amides is 1. The first-order valence-corrected chi connectivity index (χ1v) is 7.77. The predicted octanol–water partition coefficient (Wildman–Crippen LogP) is 2.53. The third kappa shape index (κ3) is 2.33. The van der Waals surface area contributed by atoms with Crippen LogP contribution >= 0.6 is 11.6 Å². The van der Waals surface area contributed by atoms with Crippen molar-refractivity contribution in [2.24, 2.45) is 5.73 Å². The first kappa shape index (κ1) is 14.4. The monoisotopic (exact) mass is 330 g/mol. The molecule has 1 amide bonds. The van der Waals surface area contributed by atoms with Crippen LogP contribution in [0.5, 0.6) is 11.5 Å². The van der Waals surface area contributed by atoms with Crippen molar-refractivity contribution in [3.8, 4) is 11.5 Å². The molecule has 2 aliphatic rings. The molecule has 0 spiro atoms. The number of anilines is 1. The number of ether oxygens (including phenoxy) is 2. The lowest BCUT2D eigenvalue weighted by Crippen LogP contribution is -2.63. The molecule has 4 rings (SSSR count). The van der Waals surface area contributed by atoms with Crippen LogP contribution < -0.4 is 20.1 Å². The molecular weight excluding hydrogens is 316 g/mol. The number of hydrogen-bond acceptors (Lipinski definition) is 4. The molecule has 0 aliphatic carbocycles. The SMILES string of the molecule is N[C@@H]1C(=O)N(c2ccc3c(c2)OCCO3)[C@@H]1c1cccc(Cl)c1. The minimum atomic E-state index is -0.568. The summed E-state index contributed by atoms with van der Waals surface area (Å²) in [6.07, 6.45) is 0. The highest BCUT2D eigenvalue weighted by molar-refractivity contribution is 6.30. The Morgan fingerprint density at radius 3 is 2.65 bits per heavy atom. The number of hydrogen-bond donors (Lipinski definition) is 1. The maximum absolute atomic E-state index is 12.3. The van der Waals surface area contributed by atoms with Gasteiger partial charge in [0.1, 0.15) is 19.3 Å². The summed E-state index contributed by atoms with van der Waals surface area (Å²) in [5.74, 6) is 1.22. The van der Waals surface area contributed by atoms with Crippen LogP contribution in [0, 0.1) is 0 Å². The Morgan fingerprint density at radius 2 is 1.87 bits per heavy atom. The second kappa shape index (κ2) is 5.44. The third-order valence-corrected chi connectivity index (χ3v) is 4.37. The van der Waals surface area contributed by atoms with Crippen molar-refractivity contribution in [1.82, 2.24) is 0 Å². The van der Waals surface area contributed by atoms with Crippen LogP contribution in [0.15, 0.2) is 42.5 Å². The van der Waals surface area contributed by atoms with Crippen molar-refractivity contribution in [1.29, 1.82) is 0 Å². The van der Waals surface area contributed by atoms with E-state index in [2.05, 4.69) is 0 Å². The van der Waals surface area contributed by atoms with E-state index in [4.69, 9.17) is 26.8 Å². The molecule has 118 valence electrons. The number of rotatable bonds is 2. The average molecular weight is 331 g/mol. The maximum Gasteiger partial charge on any atom is 0.247 e. The van der Waals surface area contributed by atoms with E-state index in [0.29, 0.717) is 29.7 Å². The van der Waals surface area contributed by atoms with Gasteiger partial charge < -0.3 is 20.1 Å². The zero-order valence-corrected chi connectivity index (χ0v) is 13.0. The lowest BCUT2D eigenvalue weighted by molar-refractivity contribution is -0.126. The van der Waals surface area contributed by atoms with E-state index >= 15 is 0 Å². The Labute approximate surface area is 138 Å². The molecule has 0 radical (unpaired) electrons. The van der Waals surface area contributed by atoms with Gasteiger partial charge in [0.05, 0.1) is 6.04 Å². The van der Waals surface area contributed by atoms with Gasteiger partial charge in [-0.05, 0) is 29.8 Å². The van der Waals surface area contributed by atoms with Crippen LogP contribution in [-0.4, -0.2) is 25.2 Å². The van der Waals surface area contributed by atoms with Gasteiger partial charge in [0, 0.05) is 16.8 Å². The summed E-state index contributed by atoms with van der Waals surface area (Å²) in [6.45, 7) is 1.03. The average Bonchev–Trinajstić information content (AvgIpc) is 2.58. The Hall–Kier alpha value is -2.24. The Bertz CT molecular complexity index is 780. The topological polar surface area (TPSA) is 64.8 Å². The molecular formula is C17H15ClN2O3. The van der Waals surface area contributed by atoms with Crippen molar-refractivity contribution in [2.75, 3.05) is 18.1 Å². The van der Waals surface area contributed by atoms with Crippen molar-refractivity contribution in [3.05, 3.63) is 53.1 Å². The molecule has 2 N–H and O–H groups in total. The summed E-state index contributed by atoms with van der Waals surface area (Å²) in [6, 6.07) is 12.1. The number of carbonyl (C=O) groups excluding carboxylic acids is 1. The number of halogens is 1. The Kier molecular flexibility index (Phi) is 3.39. The highest BCUT2D eigenvalue weighted by Gasteiger charge is 2.46. The summed E-state index contributed by atoms with van der Waals surface area (Å²) >= 11 is 6.06. The molecule has 2 atom stereocenters. The molecule has 0 unspecified atom stereocenters. The van der Waals surface area contributed by atoms with Gasteiger partial charge in [-0.3, -0.25) is 4.79 Å². The maximum atomic E-state index is 12.3. The normalized spacial score (nSPS) is 22.7. The van der Waals surface area contributed by atoms with Crippen LogP contribution in [0.4, 0.5) is 5.69 Å². The Balaban J connectivity index is 1.70. The summed E-state index contributed by atoms with van der Waals surface area (Å²) in [5.41, 5.74) is 7.68. The van der Waals surface area contributed by atoms with Gasteiger partial charge in [-0.2, -0.15) is 0 Å². The van der Waals surface area contributed by atoms with Crippen molar-refractivity contribution < 1.29 is 14.3 Å². The van der Waals surface area contributed by atoms with E-state index < -0.39 is 6.04 Å². The van der Waals surface area contributed by atoms with Gasteiger partial charge in [-0.15, -0.1) is 0 Å². The molecule has 0 aromatic heterocycles. The lowest BCUT2D eigenvalue weighted by atomic mass is 9.88. The van der Waals surface area contributed by atoms with Gasteiger partial charge in [0.15, 0.2) is 11.5 Å². The van der Waals surface area contributed by atoms with E-state index in [0.717, 1.165) is 11.3 Å². The molecule has 2 heterocycles. The summed E-state index contributed by atoms with van der Waals surface area (Å²) in [7, 11) is 0. The largest absolute Gasteiger partial charge is 0.486 e. The fourth-order valence-electron chi connectivity index (χ4n) is 3.03. The molecule has 2 aromatic carbocycles. The zero-order valence-electron chi connectivity index (χ0n) is 12.2. The number of nitrogens with two attached hydrogens (primary N) is 1. The van der Waals surface area contributed by atoms with Crippen molar-refractivity contribution in [2.45, 2.75) is 12.1 Å². The standard InChI is InChI=1S/C17H15ClN2O3/c18-11-3-1-2-10(8-11)16-15(19)17(21)20(16)12-4-5-13-14(9-12)23-7-6-22-13/h1-5,8-9,15-16H,6-7,19H2/t15-,16+/m0/s1. The quantitative estimate of drug-likeness (QED) is 0.859. The molecule has 0 saturated carbocycles. The molecule has 23 heavy (non-hydrogen) atoms.